The molecule has 0 bridgehead atoms. The van der Waals surface area contributed by atoms with Crippen LogP contribution in [-0.4, -0.2) is 12.9 Å². The lowest BCUT2D eigenvalue weighted by Gasteiger charge is -2.10. The number of halogens is 1. The van der Waals surface area contributed by atoms with Gasteiger partial charge in [0.1, 0.15) is 12.4 Å². The van der Waals surface area contributed by atoms with Gasteiger partial charge in [0, 0.05) is 4.48 Å². The number of hydrogen-bond donors (Lipinski definition) is 0. The van der Waals surface area contributed by atoms with Crippen LogP contribution in [-0.2, 0) is 0 Å². The number of hydrogen-bond acceptors (Lipinski definition) is 2. The molecule has 14 heavy (non-hydrogen) atoms. The first-order valence-corrected chi connectivity index (χ1v) is 4.95. The minimum Gasteiger partial charge on any atom is -0.487 e. The maximum Gasteiger partial charge on any atom is 0.153 e. The van der Waals surface area contributed by atoms with Crippen molar-refractivity contribution in [2.75, 3.05) is 6.61 Å². The molecule has 0 saturated carbocycles. The van der Waals surface area contributed by atoms with Gasteiger partial charge in [-0.05, 0) is 18.6 Å². The van der Waals surface area contributed by atoms with Crippen LogP contribution in [0.1, 0.15) is 15.9 Å². The number of aryl methyl sites for hydroxylation is 1. The predicted molar refractivity (Wildman–Crippen MR) is 60.1 cm³/mol. The van der Waals surface area contributed by atoms with Gasteiger partial charge >= 0.3 is 0 Å². The van der Waals surface area contributed by atoms with E-state index in [0.717, 1.165) is 16.3 Å². The molecule has 0 amide bonds. The summed E-state index contributed by atoms with van der Waals surface area (Å²) in [5.41, 5.74) is 1.52. The van der Waals surface area contributed by atoms with Crippen LogP contribution in [0, 0.1) is 6.92 Å². The highest BCUT2D eigenvalue weighted by Gasteiger charge is 2.05. The van der Waals surface area contributed by atoms with E-state index in [1.165, 1.54) is 0 Å². The summed E-state index contributed by atoms with van der Waals surface area (Å²) in [7, 11) is 0. The molecular formula is C11H11BrO2. The van der Waals surface area contributed by atoms with Crippen LogP contribution >= 0.6 is 15.9 Å². The summed E-state index contributed by atoms with van der Waals surface area (Å²) < 4.78 is 6.19. The standard InChI is InChI=1S/C11H11BrO2/c1-8-4-3-5-10(6-13)11(8)14-7-9(2)12/h3-6H,2,7H2,1H3. The van der Waals surface area contributed by atoms with Crippen LogP contribution in [0.4, 0.5) is 0 Å². The molecule has 74 valence electrons. The number of benzene rings is 1. The predicted octanol–water partition coefficient (Wildman–Crippen LogP) is 3.09. The van der Waals surface area contributed by atoms with Crippen molar-refractivity contribution in [2.45, 2.75) is 6.92 Å². The van der Waals surface area contributed by atoms with Crippen molar-refractivity contribution >= 4 is 22.2 Å². The molecule has 0 aromatic heterocycles. The van der Waals surface area contributed by atoms with E-state index in [1.54, 1.807) is 6.07 Å². The van der Waals surface area contributed by atoms with Crippen molar-refractivity contribution in [3.63, 3.8) is 0 Å². The first-order chi connectivity index (χ1) is 6.65. The van der Waals surface area contributed by atoms with Crippen molar-refractivity contribution in [3.05, 3.63) is 40.4 Å². The molecular weight excluding hydrogens is 244 g/mol. The van der Waals surface area contributed by atoms with Crippen molar-refractivity contribution in [1.82, 2.24) is 0 Å². The molecule has 0 atom stereocenters. The molecule has 0 aliphatic heterocycles. The van der Waals surface area contributed by atoms with Crippen molar-refractivity contribution in [1.29, 1.82) is 0 Å². The molecule has 3 heteroatoms. The quantitative estimate of drug-likeness (QED) is 0.773. The number of rotatable bonds is 4. The van der Waals surface area contributed by atoms with E-state index < -0.39 is 0 Å². The van der Waals surface area contributed by atoms with Crippen LogP contribution in [0.2, 0.25) is 0 Å². The average molecular weight is 255 g/mol. The Morgan fingerprint density at radius 1 is 1.64 bits per heavy atom. The van der Waals surface area contributed by atoms with E-state index in [0.29, 0.717) is 17.9 Å². The lowest BCUT2D eigenvalue weighted by atomic mass is 10.1. The Labute approximate surface area is 91.7 Å². The molecule has 1 rings (SSSR count). The molecule has 0 aliphatic rings. The number of aldehydes is 1. The topological polar surface area (TPSA) is 26.3 Å². The Kier molecular flexibility index (Phi) is 3.89. The zero-order chi connectivity index (χ0) is 10.6. The summed E-state index contributed by atoms with van der Waals surface area (Å²) in [4.78, 5) is 10.7. The van der Waals surface area contributed by atoms with Crippen LogP contribution in [0.3, 0.4) is 0 Å². The fourth-order valence-corrected chi connectivity index (χ4v) is 1.23. The molecule has 0 unspecified atom stereocenters. The summed E-state index contributed by atoms with van der Waals surface area (Å²) in [5.74, 6) is 0.628. The Morgan fingerprint density at radius 2 is 2.36 bits per heavy atom. The fourth-order valence-electron chi connectivity index (χ4n) is 1.12. The number of para-hydroxylation sites is 1. The largest absolute Gasteiger partial charge is 0.487 e. The van der Waals surface area contributed by atoms with Crippen LogP contribution < -0.4 is 4.74 Å². The number of carbonyl (C=O) groups is 1. The third-order valence-corrected chi connectivity index (χ3v) is 1.97. The highest BCUT2D eigenvalue weighted by molar-refractivity contribution is 9.11. The van der Waals surface area contributed by atoms with Gasteiger partial charge < -0.3 is 4.74 Å². The van der Waals surface area contributed by atoms with E-state index in [9.17, 15) is 4.79 Å². The third kappa shape index (κ3) is 2.70. The second kappa shape index (κ2) is 4.96. The van der Waals surface area contributed by atoms with Gasteiger partial charge in [-0.15, -0.1) is 0 Å². The van der Waals surface area contributed by atoms with Gasteiger partial charge in [0.15, 0.2) is 6.29 Å². The third-order valence-electron chi connectivity index (χ3n) is 1.74. The van der Waals surface area contributed by atoms with Gasteiger partial charge in [-0.3, -0.25) is 4.79 Å². The Balaban J connectivity index is 2.93. The Morgan fingerprint density at radius 3 is 2.93 bits per heavy atom. The molecule has 0 spiro atoms. The lowest BCUT2D eigenvalue weighted by Crippen LogP contribution is -2.00. The molecule has 1 aromatic rings. The van der Waals surface area contributed by atoms with Gasteiger partial charge in [0.25, 0.3) is 0 Å². The molecule has 0 radical (unpaired) electrons. The van der Waals surface area contributed by atoms with E-state index in [2.05, 4.69) is 22.5 Å². The normalized spacial score (nSPS) is 9.57. The highest BCUT2D eigenvalue weighted by atomic mass is 79.9. The molecule has 0 aliphatic carbocycles. The first-order valence-electron chi connectivity index (χ1n) is 4.16. The minimum atomic E-state index is 0.367. The van der Waals surface area contributed by atoms with Gasteiger partial charge in [-0.2, -0.15) is 0 Å². The Hall–Kier alpha value is -1.09. The van der Waals surface area contributed by atoms with Gasteiger partial charge in [-0.25, -0.2) is 0 Å². The summed E-state index contributed by atoms with van der Waals surface area (Å²) in [6.07, 6.45) is 0.791. The lowest BCUT2D eigenvalue weighted by molar-refractivity contribution is 0.112. The zero-order valence-corrected chi connectivity index (χ0v) is 9.50. The Bertz CT molecular complexity index is 358. The second-order valence-corrected chi connectivity index (χ2v) is 4.04. The maximum atomic E-state index is 10.7. The average Bonchev–Trinajstić information content (AvgIpc) is 2.15. The molecule has 0 heterocycles. The molecule has 0 saturated heterocycles. The van der Waals surface area contributed by atoms with Crippen LogP contribution in [0.5, 0.6) is 5.75 Å². The van der Waals surface area contributed by atoms with E-state index in [1.807, 2.05) is 19.1 Å². The highest BCUT2D eigenvalue weighted by Crippen LogP contribution is 2.22. The molecule has 1 aromatic carbocycles. The summed E-state index contributed by atoms with van der Waals surface area (Å²) in [5, 5.41) is 0. The van der Waals surface area contributed by atoms with Crippen LogP contribution in [0.15, 0.2) is 29.3 Å². The van der Waals surface area contributed by atoms with Gasteiger partial charge in [-0.1, -0.05) is 34.6 Å². The molecule has 2 nitrogen and oxygen atoms in total. The monoisotopic (exact) mass is 254 g/mol. The summed E-state index contributed by atoms with van der Waals surface area (Å²) >= 11 is 3.20. The summed E-state index contributed by atoms with van der Waals surface area (Å²) in [6, 6.07) is 5.46. The smallest absolute Gasteiger partial charge is 0.153 e. The van der Waals surface area contributed by atoms with E-state index >= 15 is 0 Å². The fraction of sp³-hybridized carbons (Fsp3) is 0.182. The maximum absolute atomic E-state index is 10.7. The van der Waals surface area contributed by atoms with Gasteiger partial charge in [0.2, 0.25) is 0 Å². The zero-order valence-electron chi connectivity index (χ0n) is 7.92. The first kappa shape index (κ1) is 11.0. The molecule has 0 N–H and O–H groups in total. The minimum absolute atomic E-state index is 0.367. The molecule has 0 fully saturated rings. The van der Waals surface area contributed by atoms with Crippen molar-refractivity contribution in [2.24, 2.45) is 0 Å². The van der Waals surface area contributed by atoms with Crippen molar-refractivity contribution < 1.29 is 9.53 Å². The number of ether oxygens (including phenoxy) is 1. The van der Waals surface area contributed by atoms with Gasteiger partial charge in [0.05, 0.1) is 5.56 Å². The van der Waals surface area contributed by atoms with Crippen LogP contribution in [0.25, 0.3) is 0 Å². The number of carbonyl (C=O) groups excluding carboxylic acids is 1. The van der Waals surface area contributed by atoms with Crippen molar-refractivity contribution in [3.8, 4) is 5.75 Å². The van der Waals surface area contributed by atoms with E-state index in [4.69, 9.17) is 4.74 Å². The second-order valence-electron chi connectivity index (χ2n) is 2.92. The summed E-state index contributed by atoms with van der Waals surface area (Å²) in [6.45, 7) is 5.93. The van der Waals surface area contributed by atoms with E-state index in [-0.39, 0.29) is 0 Å². The SMILES string of the molecule is C=C(Br)COc1c(C)cccc1C=O.